The molecule has 0 saturated carbocycles. The Morgan fingerprint density at radius 3 is 2.32 bits per heavy atom. The number of hydrogen-bond acceptors (Lipinski definition) is 4. The molecule has 0 atom stereocenters. The van der Waals surface area contributed by atoms with E-state index in [4.69, 9.17) is 16.3 Å². The van der Waals surface area contributed by atoms with Gasteiger partial charge in [0.05, 0.1) is 17.6 Å². The monoisotopic (exact) mass is 484 g/mol. The summed E-state index contributed by atoms with van der Waals surface area (Å²) < 4.78 is 7.41. The van der Waals surface area contributed by atoms with Crippen molar-refractivity contribution in [2.45, 2.75) is 40.8 Å². The van der Waals surface area contributed by atoms with E-state index in [0.717, 1.165) is 11.0 Å². The zero-order valence-electron chi connectivity index (χ0n) is 20.3. The van der Waals surface area contributed by atoms with Crippen molar-refractivity contribution in [1.82, 2.24) is 19.8 Å². The Labute approximate surface area is 206 Å². The Morgan fingerprint density at radius 1 is 1.03 bits per heavy atom. The number of aromatic nitrogens is 2. The third-order valence-electron chi connectivity index (χ3n) is 5.18. The lowest BCUT2D eigenvalue weighted by Gasteiger charge is -2.27. The Hall–Kier alpha value is -3.06. The van der Waals surface area contributed by atoms with Gasteiger partial charge < -0.3 is 19.5 Å². The maximum atomic E-state index is 13.3. The molecule has 0 saturated heterocycles. The molecule has 0 spiro atoms. The number of nitrogens with zero attached hydrogens (tertiary/aromatic N) is 3. The number of carbonyl (C=O) groups is 2. The van der Waals surface area contributed by atoms with Crippen molar-refractivity contribution in [2.75, 3.05) is 19.7 Å². The van der Waals surface area contributed by atoms with Crippen molar-refractivity contribution in [2.24, 2.45) is 11.8 Å². The quantitative estimate of drug-likeness (QED) is 0.434. The van der Waals surface area contributed by atoms with Crippen molar-refractivity contribution in [1.29, 1.82) is 0 Å². The highest BCUT2D eigenvalue weighted by molar-refractivity contribution is 6.30. The minimum absolute atomic E-state index is 0.0456. The molecule has 0 radical (unpaired) electrons. The van der Waals surface area contributed by atoms with E-state index in [0.29, 0.717) is 41.5 Å². The van der Waals surface area contributed by atoms with Gasteiger partial charge in [-0.3, -0.25) is 9.59 Å². The first kappa shape index (κ1) is 25.6. The summed E-state index contributed by atoms with van der Waals surface area (Å²) in [4.78, 5) is 32.2. The Morgan fingerprint density at radius 2 is 1.68 bits per heavy atom. The van der Waals surface area contributed by atoms with E-state index in [1.165, 1.54) is 0 Å². The second kappa shape index (κ2) is 11.9. The minimum atomic E-state index is -0.277. The number of benzene rings is 2. The zero-order chi connectivity index (χ0) is 24.7. The van der Waals surface area contributed by atoms with Crippen molar-refractivity contribution in [3.63, 3.8) is 0 Å². The number of ether oxygens (including phenoxy) is 1. The van der Waals surface area contributed by atoms with Gasteiger partial charge in [-0.25, -0.2) is 4.98 Å². The number of rotatable bonds is 11. The fourth-order valence-corrected chi connectivity index (χ4v) is 3.87. The second-order valence-electron chi connectivity index (χ2n) is 9.21. The van der Waals surface area contributed by atoms with Crippen LogP contribution in [0.4, 0.5) is 0 Å². The number of halogens is 1. The lowest BCUT2D eigenvalue weighted by Crippen LogP contribution is -2.39. The standard InChI is InChI=1S/C26H33ClN4O3/c1-18(2)14-30(15-19(3)4)26(33)16-31-23-8-6-5-7-22(23)29-24(31)13-28-25(32)17-34-21-11-9-20(27)10-12-21/h5-12,18-19H,13-17H2,1-4H3,(H,28,32). The molecule has 8 heteroatoms. The summed E-state index contributed by atoms with van der Waals surface area (Å²) in [5, 5.41) is 3.45. The third-order valence-corrected chi connectivity index (χ3v) is 5.43. The van der Waals surface area contributed by atoms with Gasteiger partial charge in [-0.15, -0.1) is 0 Å². The molecular formula is C26H33ClN4O3. The highest BCUT2D eigenvalue weighted by Crippen LogP contribution is 2.18. The average molecular weight is 485 g/mol. The fraction of sp³-hybridized carbons (Fsp3) is 0.423. The van der Waals surface area contributed by atoms with Crippen LogP contribution in [0.1, 0.15) is 33.5 Å². The van der Waals surface area contributed by atoms with Crippen LogP contribution in [0.15, 0.2) is 48.5 Å². The first-order valence-electron chi connectivity index (χ1n) is 11.6. The van der Waals surface area contributed by atoms with Crippen LogP contribution in [-0.2, 0) is 22.7 Å². The molecule has 0 aliphatic carbocycles. The molecule has 0 bridgehead atoms. The topological polar surface area (TPSA) is 76.5 Å². The number of imidazole rings is 1. The molecule has 182 valence electrons. The summed E-state index contributed by atoms with van der Waals surface area (Å²) in [5.74, 6) is 1.71. The van der Waals surface area contributed by atoms with Gasteiger partial charge in [0.2, 0.25) is 5.91 Å². The summed E-state index contributed by atoms with van der Waals surface area (Å²) in [7, 11) is 0. The van der Waals surface area contributed by atoms with Crippen molar-refractivity contribution in [3.8, 4) is 5.75 Å². The molecule has 2 amide bonds. The lowest BCUT2D eigenvalue weighted by molar-refractivity contribution is -0.132. The van der Waals surface area contributed by atoms with Crippen LogP contribution in [0, 0.1) is 11.8 Å². The predicted octanol–water partition coefficient (Wildman–Crippen LogP) is 4.53. The number of fused-ring (bicyclic) bond motifs is 1. The number of nitrogens with one attached hydrogen (secondary N) is 1. The largest absolute Gasteiger partial charge is 0.484 e. The van der Waals surface area contributed by atoms with Gasteiger partial charge in [-0.2, -0.15) is 0 Å². The summed E-state index contributed by atoms with van der Waals surface area (Å²) in [6.07, 6.45) is 0. The van der Waals surface area contributed by atoms with Gasteiger partial charge in [0.1, 0.15) is 18.1 Å². The first-order valence-corrected chi connectivity index (χ1v) is 12.0. The van der Waals surface area contributed by atoms with E-state index in [1.54, 1.807) is 24.3 Å². The summed E-state index contributed by atoms with van der Waals surface area (Å²) in [5.41, 5.74) is 1.66. The molecule has 1 aromatic heterocycles. The molecule has 0 unspecified atom stereocenters. The maximum absolute atomic E-state index is 13.3. The van der Waals surface area contributed by atoms with Crippen LogP contribution in [0.5, 0.6) is 5.75 Å². The van der Waals surface area contributed by atoms with Gasteiger partial charge in [-0.1, -0.05) is 51.4 Å². The van der Waals surface area contributed by atoms with Crippen LogP contribution in [0.3, 0.4) is 0 Å². The van der Waals surface area contributed by atoms with Gasteiger partial charge in [0.15, 0.2) is 6.61 Å². The second-order valence-corrected chi connectivity index (χ2v) is 9.65. The molecule has 1 heterocycles. The average Bonchev–Trinajstić information content (AvgIpc) is 3.13. The van der Waals surface area contributed by atoms with Gasteiger partial charge in [-0.05, 0) is 48.2 Å². The summed E-state index contributed by atoms with van der Waals surface area (Å²) >= 11 is 5.87. The predicted molar refractivity (Wildman–Crippen MR) is 135 cm³/mol. The molecule has 0 aliphatic rings. The lowest BCUT2D eigenvalue weighted by atomic mass is 10.1. The van der Waals surface area contributed by atoms with E-state index >= 15 is 0 Å². The van der Waals surface area contributed by atoms with E-state index in [-0.39, 0.29) is 31.5 Å². The van der Waals surface area contributed by atoms with Gasteiger partial charge in [0, 0.05) is 18.1 Å². The van der Waals surface area contributed by atoms with Crippen molar-refractivity contribution in [3.05, 3.63) is 59.4 Å². The van der Waals surface area contributed by atoms with Gasteiger partial charge in [0.25, 0.3) is 5.91 Å². The molecular weight excluding hydrogens is 452 g/mol. The van der Waals surface area contributed by atoms with E-state index in [1.807, 2.05) is 33.7 Å². The smallest absolute Gasteiger partial charge is 0.258 e. The highest BCUT2D eigenvalue weighted by Gasteiger charge is 2.20. The van der Waals surface area contributed by atoms with Crippen LogP contribution < -0.4 is 10.1 Å². The summed E-state index contributed by atoms with van der Waals surface area (Å²) in [6.45, 7) is 10.1. The zero-order valence-corrected chi connectivity index (χ0v) is 21.0. The number of carbonyl (C=O) groups excluding carboxylic acids is 2. The SMILES string of the molecule is CC(C)CN(CC(C)C)C(=O)Cn1c(CNC(=O)COc2ccc(Cl)cc2)nc2ccccc21. The molecule has 3 rings (SSSR count). The number of hydrogen-bond donors (Lipinski definition) is 1. The van der Waals surface area contributed by atoms with Crippen molar-refractivity contribution >= 4 is 34.4 Å². The van der Waals surface area contributed by atoms with Gasteiger partial charge >= 0.3 is 0 Å². The Kier molecular flexibility index (Phi) is 8.93. The molecule has 3 aromatic rings. The first-order chi connectivity index (χ1) is 16.2. The fourth-order valence-electron chi connectivity index (χ4n) is 3.74. The van der Waals surface area contributed by atoms with E-state index < -0.39 is 0 Å². The van der Waals surface area contributed by atoms with Crippen LogP contribution in [0.2, 0.25) is 5.02 Å². The molecule has 0 aliphatic heterocycles. The number of amides is 2. The minimum Gasteiger partial charge on any atom is -0.484 e. The van der Waals surface area contributed by atoms with E-state index in [9.17, 15) is 9.59 Å². The highest BCUT2D eigenvalue weighted by atomic mass is 35.5. The molecule has 0 fully saturated rings. The Balaban J connectivity index is 1.70. The maximum Gasteiger partial charge on any atom is 0.258 e. The number of para-hydroxylation sites is 2. The molecule has 7 nitrogen and oxygen atoms in total. The third kappa shape index (κ3) is 7.22. The molecule has 2 aromatic carbocycles. The van der Waals surface area contributed by atoms with Crippen LogP contribution in [0.25, 0.3) is 11.0 Å². The van der Waals surface area contributed by atoms with Crippen molar-refractivity contribution < 1.29 is 14.3 Å². The normalized spacial score (nSPS) is 11.3. The van der Waals surface area contributed by atoms with E-state index in [2.05, 4.69) is 38.0 Å². The summed E-state index contributed by atoms with van der Waals surface area (Å²) in [6, 6.07) is 14.5. The molecule has 1 N–H and O–H groups in total. The van der Waals surface area contributed by atoms with Crippen LogP contribution in [-0.4, -0.2) is 46.0 Å². The van der Waals surface area contributed by atoms with Crippen LogP contribution >= 0.6 is 11.6 Å². The Bertz CT molecular complexity index is 1100. The molecule has 34 heavy (non-hydrogen) atoms.